The summed E-state index contributed by atoms with van der Waals surface area (Å²) in [4.78, 5) is 35.7. The van der Waals surface area contributed by atoms with Crippen LogP contribution in [0.1, 0.15) is 0 Å². The molecule has 3 rings (SSSR count). The second-order valence-corrected chi connectivity index (χ2v) is 6.83. The van der Waals surface area contributed by atoms with Crippen molar-refractivity contribution in [2.75, 3.05) is 21.3 Å². The minimum Gasteiger partial charge on any atom is -0.507 e. The summed E-state index contributed by atoms with van der Waals surface area (Å²) in [5, 5.41) is 37.8. The third-order valence-electron chi connectivity index (χ3n) is 4.78. The Balaban J connectivity index is 2.08. The van der Waals surface area contributed by atoms with Crippen LogP contribution in [0.5, 0.6) is 28.7 Å². The van der Waals surface area contributed by atoms with Crippen LogP contribution in [-0.2, 0) is 9.59 Å². The number of aliphatic hydroxyl groups excluding tert-OH is 2. The minimum atomic E-state index is -2.39. The molecule has 12 nitrogen and oxygen atoms in total. The molecule has 0 saturated heterocycles. The number of carbonyl (C=O) groups is 2. The van der Waals surface area contributed by atoms with Crippen LogP contribution in [0, 0.1) is 0 Å². The van der Waals surface area contributed by atoms with E-state index in [0.29, 0.717) is 0 Å². The quantitative estimate of drug-likeness (QED) is 0.267. The molecule has 0 aliphatic rings. The Labute approximate surface area is 191 Å². The molecule has 0 amide bonds. The van der Waals surface area contributed by atoms with Gasteiger partial charge in [-0.3, -0.25) is 4.79 Å². The second-order valence-electron chi connectivity index (χ2n) is 6.83. The van der Waals surface area contributed by atoms with Crippen molar-refractivity contribution in [2.45, 2.75) is 12.2 Å². The summed E-state index contributed by atoms with van der Waals surface area (Å²) in [5.74, 6) is -3.90. The maximum absolute atomic E-state index is 12.9. The van der Waals surface area contributed by atoms with Gasteiger partial charge >= 0.3 is 11.9 Å². The zero-order chi connectivity index (χ0) is 25.2. The van der Waals surface area contributed by atoms with Crippen LogP contribution >= 0.6 is 0 Å². The number of hydrogen-bond acceptors (Lipinski definition) is 11. The van der Waals surface area contributed by atoms with Gasteiger partial charge in [0.05, 0.1) is 21.3 Å². The molecule has 0 fully saturated rings. The average Bonchev–Trinajstić information content (AvgIpc) is 2.82. The third-order valence-corrected chi connectivity index (χ3v) is 4.78. The van der Waals surface area contributed by atoms with E-state index in [1.807, 2.05) is 0 Å². The monoisotopic (exact) mass is 476 g/mol. The van der Waals surface area contributed by atoms with E-state index < -0.39 is 29.6 Å². The summed E-state index contributed by atoms with van der Waals surface area (Å²) in [6.45, 7) is 0. The summed E-state index contributed by atoms with van der Waals surface area (Å²) < 4.78 is 26.3. The van der Waals surface area contributed by atoms with E-state index in [0.717, 1.165) is 0 Å². The van der Waals surface area contributed by atoms with E-state index in [4.69, 9.17) is 28.5 Å². The van der Waals surface area contributed by atoms with Gasteiger partial charge in [0, 0.05) is 17.7 Å². The summed E-state index contributed by atoms with van der Waals surface area (Å²) >= 11 is 0. The highest BCUT2D eigenvalue weighted by Crippen LogP contribution is 2.39. The number of aliphatic hydroxyl groups is 2. The second kappa shape index (κ2) is 9.68. The third kappa shape index (κ3) is 4.44. The largest absolute Gasteiger partial charge is 0.507 e. The molecule has 0 radical (unpaired) electrons. The molecule has 0 aliphatic carbocycles. The van der Waals surface area contributed by atoms with Gasteiger partial charge in [-0.1, -0.05) is 0 Å². The smallest absolute Gasteiger partial charge is 0.343 e. The Morgan fingerprint density at radius 1 is 0.941 bits per heavy atom. The van der Waals surface area contributed by atoms with Gasteiger partial charge in [-0.2, -0.15) is 0 Å². The molecule has 1 aromatic heterocycles. The van der Waals surface area contributed by atoms with Crippen LogP contribution in [0.15, 0.2) is 39.5 Å². The van der Waals surface area contributed by atoms with E-state index in [1.54, 1.807) is 0 Å². The summed E-state index contributed by atoms with van der Waals surface area (Å²) in [6.07, 6.45) is -4.73. The molecule has 2 unspecified atom stereocenters. The number of benzene rings is 2. The van der Waals surface area contributed by atoms with E-state index in [2.05, 4.69) is 0 Å². The van der Waals surface area contributed by atoms with Crippen molar-refractivity contribution >= 4 is 22.9 Å². The fourth-order valence-electron chi connectivity index (χ4n) is 3.08. The van der Waals surface area contributed by atoms with Gasteiger partial charge in [-0.05, 0) is 18.2 Å². The van der Waals surface area contributed by atoms with E-state index in [1.165, 1.54) is 51.7 Å². The highest BCUT2D eigenvalue weighted by Gasteiger charge is 2.32. The Bertz CT molecular complexity index is 1310. The van der Waals surface area contributed by atoms with Crippen LogP contribution < -0.4 is 24.4 Å². The van der Waals surface area contributed by atoms with Gasteiger partial charge < -0.3 is 43.8 Å². The van der Waals surface area contributed by atoms with Crippen molar-refractivity contribution in [1.29, 1.82) is 0 Å². The molecule has 34 heavy (non-hydrogen) atoms. The first-order valence-electron chi connectivity index (χ1n) is 9.53. The standard InChI is InChI=1S/C22H20O12/c1-30-10-7-11(23)15-14(8-10)33-19(20(32-3)16(15)24)9-4-5-12(13(6-9)31-2)34-22(29)18(26)17(25)21(27)28/h4-8,17-18,23,25-26H,1-3H3,(H,27,28). The number of fused-ring (bicyclic) bond motifs is 1. The molecule has 2 aromatic carbocycles. The molecule has 3 aromatic rings. The molecule has 0 spiro atoms. The number of methoxy groups -OCH3 is 3. The van der Waals surface area contributed by atoms with Crippen molar-refractivity contribution in [3.05, 3.63) is 40.6 Å². The van der Waals surface area contributed by atoms with Crippen molar-refractivity contribution in [3.63, 3.8) is 0 Å². The summed E-state index contributed by atoms with van der Waals surface area (Å²) in [6, 6.07) is 6.59. The number of hydrogen-bond donors (Lipinski definition) is 4. The number of aromatic hydroxyl groups is 1. The van der Waals surface area contributed by atoms with Crippen LogP contribution in [0.2, 0.25) is 0 Å². The van der Waals surface area contributed by atoms with Crippen LogP contribution in [0.4, 0.5) is 0 Å². The summed E-state index contributed by atoms with van der Waals surface area (Å²) in [5.41, 5.74) is -0.391. The first kappa shape index (κ1) is 24.4. The van der Waals surface area contributed by atoms with E-state index >= 15 is 0 Å². The van der Waals surface area contributed by atoms with Crippen LogP contribution in [-0.4, -0.2) is 65.9 Å². The lowest BCUT2D eigenvalue weighted by Gasteiger charge is -2.16. The lowest BCUT2D eigenvalue weighted by Crippen LogP contribution is -2.41. The summed E-state index contributed by atoms with van der Waals surface area (Å²) in [7, 11) is 3.86. The minimum absolute atomic E-state index is 0.0119. The molecular weight excluding hydrogens is 456 g/mol. The first-order chi connectivity index (χ1) is 16.1. The van der Waals surface area contributed by atoms with Gasteiger partial charge in [0.1, 0.15) is 22.5 Å². The number of carbonyl (C=O) groups excluding carboxylic acids is 1. The number of carboxylic acid groups (broad SMARTS) is 1. The van der Waals surface area contributed by atoms with Gasteiger partial charge in [-0.25, -0.2) is 9.59 Å². The Hall–Kier alpha value is -4.29. The molecule has 180 valence electrons. The fourth-order valence-corrected chi connectivity index (χ4v) is 3.08. The van der Waals surface area contributed by atoms with E-state index in [9.17, 15) is 29.7 Å². The highest BCUT2D eigenvalue weighted by molar-refractivity contribution is 5.89. The number of phenolic OH excluding ortho intramolecular Hbond substituents is 1. The number of rotatable bonds is 8. The fraction of sp³-hybridized carbons (Fsp3) is 0.227. The SMILES string of the molecule is COc1cc(O)c2c(=O)c(OC)c(-c3ccc(OC(=O)C(O)C(O)C(=O)O)c(OC)c3)oc2c1. The maximum atomic E-state index is 12.9. The lowest BCUT2D eigenvalue weighted by molar-refractivity contribution is -0.164. The van der Waals surface area contributed by atoms with Gasteiger partial charge in [0.25, 0.3) is 0 Å². The van der Waals surface area contributed by atoms with Crippen molar-refractivity contribution < 1.29 is 53.4 Å². The Morgan fingerprint density at radius 2 is 1.65 bits per heavy atom. The van der Waals surface area contributed by atoms with Crippen LogP contribution in [0.25, 0.3) is 22.3 Å². The molecule has 12 heteroatoms. The van der Waals surface area contributed by atoms with E-state index in [-0.39, 0.29) is 51.0 Å². The van der Waals surface area contributed by atoms with Crippen molar-refractivity contribution in [1.82, 2.24) is 0 Å². The number of ether oxygens (including phenoxy) is 4. The van der Waals surface area contributed by atoms with Crippen molar-refractivity contribution in [3.8, 4) is 40.1 Å². The molecule has 4 N–H and O–H groups in total. The van der Waals surface area contributed by atoms with Gasteiger partial charge in [0.2, 0.25) is 11.2 Å². The molecule has 2 atom stereocenters. The zero-order valence-electron chi connectivity index (χ0n) is 18.1. The van der Waals surface area contributed by atoms with Crippen molar-refractivity contribution in [2.24, 2.45) is 0 Å². The lowest BCUT2D eigenvalue weighted by atomic mass is 10.1. The number of esters is 1. The molecule has 0 saturated carbocycles. The Morgan fingerprint density at radius 3 is 2.24 bits per heavy atom. The predicted molar refractivity (Wildman–Crippen MR) is 115 cm³/mol. The predicted octanol–water partition coefficient (Wildman–Crippen LogP) is 0.903. The maximum Gasteiger partial charge on any atom is 0.343 e. The van der Waals surface area contributed by atoms with Gasteiger partial charge in [0.15, 0.2) is 29.5 Å². The normalized spacial score (nSPS) is 12.6. The molecular formula is C22H20O12. The first-order valence-corrected chi connectivity index (χ1v) is 9.53. The molecule has 0 aliphatic heterocycles. The molecule has 1 heterocycles. The topological polar surface area (TPSA) is 182 Å². The Kier molecular flexibility index (Phi) is 6.94. The highest BCUT2D eigenvalue weighted by atomic mass is 16.6. The molecule has 0 bridgehead atoms. The average molecular weight is 476 g/mol. The van der Waals surface area contributed by atoms with Gasteiger partial charge in [-0.15, -0.1) is 0 Å². The number of phenols is 1. The van der Waals surface area contributed by atoms with Crippen LogP contribution in [0.3, 0.4) is 0 Å². The number of carboxylic acids is 1. The number of aliphatic carboxylic acids is 1. The zero-order valence-corrected chi connectivity index (χ0v) is 18.1.